The number of aliphatic hydroxyl groups is 1. The van der Waals surface area contributed by atoms with Gasteiger partial charge in [-0.25, -0.2) is 13.2 Å². The number of esters is 1. The second-order valence-corrected chi connectivity index (χ2v) is 9.16. The summed E-state index contributed by atoms with van der Waals surface area (Å²) in [6.07, 6.45) is 0. The van der Waals surface area contributed by atoms with E-state index in [0.29, 0.717) is 21.4 Å². The van der Waals surface area contributed by atoms with E-state index in [1.54, 1.807) is 48.5 Å². The molecule has 0 atom stereocenters. The number of fused-ring (bicyclic) bond motifs is 3. The minimum Gasteiger partial charge on any atom is -0.504 e. The number of ether oxygens (including phenoxy) is 2. The van der Waals surface area contributed by atoms with Crippen LogP contribution in [0.5, 0.6) is 5.75 Å². The minimum absolute atomic E-state index is 0.00300. The summed E-state index contributed by atoms with van der Waals surface area (Å²) in [4.78, 5) is 12.6. The van der Waals surface area contributed by atoms with Crippen LogP contribution in [0.3, 0.4) is 0 Å². The van der Waals surface area contributed by atoms with Gasteiger partial charge in [-0.05, 0) is 23.8 Å². The van der Waals surface area contributed by atoms with Crippen LogP contribution in [0.2, 0.25) is 0 Å². The third kappa shape index (κ3) is 3.02. The van der Waals surface area contributed by atoms with Crippen LogP contribution in [0.4, 0.5) is 0 Å². The Hall–Kier alpha value is -3.04. The van der Waals surface area contributed by atoms with Crippen LogP contribution in [0.1, 0.15) is 10.4 Å². The number of hydrogen-bond donors (Lipinski definition) is 1. The molecular formula is C20H17NO6S2. The van der Waals surface area contributed by atoms with E-state index in [1.807, 2.05) is 0 Å². The van der Waals surface area contributed by atoms with Crippen LogP contribution in [0.15, 0.2) is 59.1 Å². The molecule has 1 aliphatic heterocycles. The van der Waals surface area contributed by atoms with Crippen molar-refractivity contribution in [2.75, 3.05) is 14.2 Å². The molecule has 150 valence electrons. The Morgan fingerprint density at radius 1 is 1.10 bits per heavy atom. The molecule has 9 heteroatoms. The molecule has 0 bridgehead atoms. The van der Waals surface area contributed by atoms with Gasteiger partial charge in [-0.1, -0.05) is 30.3 Å². The number of nitrogens with zero attached hydrogens (tertiary/aromatic N) is 1. The first kappa shape index (κ1) is 19.3. The van der Waals surface area contributed by atoms with Crippen molar-refractivity contribution >= 4 is 43.2 Å². The number of methoxy groups -OCH3 is 2. The van der Waals surface area contributed by atoms with Crippen molar-refractivity contribution in [2.24, 2.45) is 0 Å². The topological polar surface area (TPSA) is 93.1 Å². The highest BCUT2D eigenvalue weighted by molar-refractivity contribution is 7.89. The molecular weight excluding hydrogens is 414 g/mol. The number of aliphatic hydroxyl groups excluding tert-OH is 1. The van der Waals surface area contributed by atoms with Gasteiger partial charge >= 0.3 is 5.97 Å². The van der Waals surface area contributed by atoms with Crippen LogP contribution in [-0.2, 0) is 26.1 Å². The molecule has 0 spiro atoms. The molecule has 3 aromatic rings. The maximum atomic E-state index is 13.5. The molecule has 29 heavy (non-hydrogen) atoms. The van der Waals surface area contributed by atoms with E-state index < -0.39 is 27.4 Å². The van der Waals surface area contributed by atoms with Gasteiger partial charge in [0.1, 0.15) is 10.6 Å². The number of hydrogen-bond acceptors (Lipinski definition) is 7. The summed E-state index contributed by atoms with van der Waals surface area (Å²) in [5.41, 5.74) is 0.217. The third-order valence-corrected chi connectivity index (χ3v) is 7.79. The molecule has 0 fully saturated rings. The zero-order valence-corrected chi connectivity index (χ0v) is 17.2. The maximum Gasteiger partial charge on any atom is 0.359 e. The summed E-state index contributed by atoms with van der Waals surface area (Å²) in [5, 5.41) is 11.4. The summed E-state index contributed by atoms with van der Waals surface area (Å²) in [7, 11) is -1.45. The molecule has 0 amide bonds. The fourth-order valence-corrected chi connectivity index (χ4v) is 6.52. The zero-order chi connectivity index (χ0) is 20.8. The second-order valence-electron chi connectivity index (χ2n) is 6.31. The van der Waals surface area contributed by atoms with Crippen LogP contribution in [0, 0.1) is 0 Å². The molecule has 2 heterocycles. The lowest BCUT2D eigenvalue weighted by Crippen LogP contribution is -2.37. The number of rotatable bonds is 4. The van der Waals surface area contributed by atoms with Gasteiger partial charge in [0.25, 0.3) is 10.0 Å². The van der Waals surface area contributed by atoms with Crippen LogP contribution < -0.4 is 4.74 Å². The fourth-order valence-electron chi connectivity index (χ4n) is 3.25. The van der Waals surface area contributed by atoms with E-state index in [0.717, 1.165) is 22.8 Å². The van der Waals surface area contributed by atoms with Crippen molar-refractivity contribution in [3.63, 3.8) is 0 Å². The van der Waals surface area contributed by atoms with E-state index in [4.69, 9.17) is 9.47 Å². The highest BCUT2D eigenvalue weighted by atomic mass is 32.2. The molecule has 0 saturated carbocycles. The van der Waals surface area contributed by atoms with E-state index >= 15 is 0 Å². The molecule has 4 rings (SSSR count). The number of benzene rings is 2. The number of thiophene rings is 1. The van der Waals surface area contributed by atoms with E-state index in [2.05, 4.69) is 0 Å². The highest BCUT2D eigenvalue weighted by Gasteiger charge is 2.43. The Labute approximate surface area is 171 Å². The minimum atomic E-state index is -4.12. The van der Waals surface area contributed by atoms with E-state index in [1.165, 1.54) is 7.11 Å². The van der Waals surface area contributed by atoms with Gasteiger partial charge in [0.05, 0.1) is 25.6 Å². The Kier molecular flexibility index (Phi) is 4.71. The lowest BCUT2D eigenvalue weighted by Gasteiger charge is -2.29. The van der Waals surface area contributed by atoms with Gasteiger partial charge in [-0.2, -0.15) is 0 Å². The van der Waals surface area contributed by atoms with E-state index in [9.17, 15) is 18.3 Å². The lowest BCUT2D eigenvalue weighted by molar-refractivity contribution is -0.137. The summed E-state index contributed by atoms with van der Waals surface area (Å²) in [6.45, 7) is -0.148. The average molecular weight is 431 g/mol. The molecule has 1 aromatic heterocycles. The predicted octanol–water partition coefficient (Wildman–Crippen LogP) is 3.51. The summed E-state index contributed by atoms with van der Waals surface area (Å²) >= 11 is 1.12. The van der Waals surface area contributed by atoms with Gasteiger partial charge in [0.15, 0.2) is 11.5 Å². The average Bonchev–Trinajstić information content (AvgIpc) is 3.13. The zero-order valence-electron chi connectivity index (χ0n) is 15.6. The van der Waals surface area contributed by atoms with Crippen LogP contribution >= 0.6 is 11.3 Å². The van der Waals surface area contributed by atoms with Crippen molar-refractivity contribution in [1.82, 2.24) is 4.31 Å². The molecule has 7 nitrogen and oxygen atoms in total. The van der Waals surface area contributed by atoms with Gasteiger partial charge in [0.2, 0.25) is 0 Å². The molecule has 2 aromatic carbocycles. The molecule has 0 saturated heterocycles. The first-order valence-corrected chi connectivity index (χ1v) is 10.8. The van der Waals surface area contributed by atoms with Crippen molar-refractivity contribution < 1.29 is 27.8 Å². The van der Waals surface area contributed by atoms with Gasteiger partial charge in [-0.3, -0.25) is 4.31 Å². The monoisotopic (exact) mass is 431 g/mol. The normalized spacial score (nSPS) is 15.3. The predicted molar refractivity (Wildman–Crippen MR) is 109 cm³/mol. The Bertz CT molecular complexity index is 1240. The molecule has 0 radical (unpaired) electrons. The molecule has 1 N–H and O–H groups in total. The second kappa shape index (κ2) is 7.09. The van der Waals surface area contributed by atoms with Crippen molar-refractivity contribution in [1.29, 1.82) is 0 Å². The van der Waals surface area contributed by atoms with Crippen LogP contribution in [0.25, 0.3) is 15.8 Å². The Morgan fingerprint density at radius 3 is 2.45 bits per heavy atom. The first-order valence-electron chi connectivity index (χ1n) is 8.57. The van der Waals surface area contributed by atoms with Crippen LogP contribution in [-0.4, -0.2) is 38.0 Å². The number of carbonyl (C=O) groups excluding carboxylic acids is 1. The quantitative estimate of drug-likeness (QED) is 0.636. The summed E-state index contributed by atoms with van der Waals surface area (Å²) in [5.74, 6) is -0.716. The third-order valence-electron chi connectivity index (χ3n) is 4.65. The SMILES string of the molecule is COC(=O)C1=C(O)c2sc3ccccc3c2S(=O)(=O)N1Cc1ccc(OC)cc1. The standard InChI is InChI=1S/C20H17NO6S2/c1-26-13-9-7-12(8-10-13)11-21-16(20(23)27-2)17(22)18-19(29(21,24)25)14-5-3-4-6-15(14)28-18/h3-10,22H,11H2,1-2H3. The van der Waals surface area contributed by atoms with Crippen molar-refractivity contribution in [3.05, 3.63) is 64.7 Å². The summed E-state index contributed by atoms with van der Waals surface area (Å²) in [6, 6.07) is 13.8. The highest BCUT2D eigenvalue weighted by Crippen LogP contribution is 2.45. The Morgan fingerprint density at radius 2 is 1.79 bits per heavy atom. The van der Waals surface area contributed by atoms with Gasteiger partial charge in [0, 0.05) is 10.1 Å². The lowest BCUT2D eigenvalue weighted by atomic mass is 10.2. The molecule has 0 aliphatic carbocycles. The van der Waals surface area contributed by atoms with Gasteiger partial charge < -0.3 is 14.6 Å². The molecule has 1 aliphatic rings. The Balaban J connectivity index is 1.93. The molecule has 0 unspecified atom stereocenters. The number of sulfonamides is 1. The van der Waals surface area contributed by atoms with Crippen molar-refractivity contribution in [3.8, 4) is 5.75 Å². The first-order chi connectivity index (χ1) is 13.9. The fraction of sp³-hybridized carbons (Fsp3) is 0.150. The number of carbonyl (C=O) groups is 1. The maximum absolute atomic E-state index is 13.5. The largest absolute Gasteiger partial charge is 0.504 e. The van der Waals surface area contributed by atoms with Gasteiger partial charge in [-0.15, -0.1) is 11.3 Å². The van der Waals surface area contributed by atoms with Crippen molar-refractivity contribution in [2.45, 2.75) is 11.4 Å². The van der Waals surface area contributed by atoms with E-state index in [-0.39, 0.29) is 16.3 Å². The smallest absolute Gasteiger partial charge is 0.359 e. The summed E-state index contributed by atoms with van der Waals surface area (Å²) < 4.78 is 38.6.